The van der Waals surface area contributed by atoms with Crippen molar-refractivity contribution in [1.82, 2.24) is 14.9 Å². The van der Waals surface area contributed by atoms with Gasteiger partial charge in [-0.2, -0.15) is 14.9 Å². The van der Waals surface area contributed by atoms with E-state index in [2.05, 4.69) is 41.3 Å². The number of hydrogen-bond donors (Lipinski definition) is 1. The molecular weight excluding hydrogens is 332 g/mol. The van der Waals surface area contributed by atoms with E-state index in [0.717, 1.165) is 11.1 Å². The third kappa shape index (κ3) is 3.69. The van der Waals surface area contributed by atoms with Crippen LogP contribution in [0, 0.1) is 4.77 Å². The van der Waals surface area contributed by atoms with E-state index in [1.807, 2.05) is 36.4 Å². The zero-order valence-corrected chi connectivity index (χ0v) is 15.2. The molecule has 0 amide bonds. The van der Waals surface area contributed by atoms with Gasteiger partial charge >= 0.3 is 0 Å². The highest BCUT2D eigenvalue weighted by molar-refractivity contribution is 7.71. The van der Waals surface area contributed by atoms with Crippen molar-refractivity contribution >= 4 is 18.4 Å². The number of rotatable bonds is 5. The molecule has 1 N–H and O–H groups in total. The number of ether oxygens (including phenoxy) is 1. The first kappa shape index (κ1) is 17.1. The molecule has 128 valence electrons. The number of hydrogen-bond acceptors (Lipinski definition) is 4. The molecule has 25 heavy (non-hydrogen) atoms. The van der Waals surface area contributed by atoms with Gasteiger partial charge in [-0.3, -0.25) is 0 Å². The number of aromatic nitrogens is 3. The summed E-state index contributed by atoms with van der Waals surface area (Å²) in [6.45, 7) is 4.35. The molecule has 3 aromatic rings. The zero-order chi connectivity index (χ0) is 17.8. The van der Waals surface area contributed by atoms with E-state index in [1.54, 1.807) is 18.0 Å². The third-order valence-corrected chi connectivity index (χ3v) is 4.19. The molecular formula is C19H20N4OS. The summed E-state index contributed by atoms with van der Waals surface area (Å²) in [5.41, 5.74) is 3.12. The predicted molar refractivity (Wildman–Crippen MR) is 103 cm³/mol. The summed E-state index contributed by atoms with van der Waals surface area (Å²) < 4.78 is 7.44. The van der Waals surface area contributed by atoms with Gasteiger partial charge < -0.3 is 4.74 Å². The van der Waals surface area contributed by atoms with Gasteiger partial charge in [0.05, 0.1) is 18.9 Å². The third-order valence-electron chi connectivity index (χ3n) is 3.92. The van der Waals surface area contributed by atoms with Crippen molar-refractivity contribution in [2.24, 2.45) is 5.10 Å². The summed E-state index contributed by atoms with van der Waals surface area (Å²) in [6.07, 6.45) is 1.77. The predicted octanol–water partition coefficient (Wildman–Crippen LogP) is 4.62. The van der Waals surface area contributed by atoms with Crippen LogP contribution in [0.25, 0.3) is 11.4 Å². The largest absolute Gasteiger partial charge is 0.496 e. The summed E-state index contributed by atoms with van der Waals surface area (Å²) in [7, 11) is 1.63. The Labute approximate surface area is 152 Å². The topological polar surface area (TPSA) is 55.2 Å². The lowest BCUT2D eigenvalue weighted by molar-refractivity contribution is 0.416. The van der Waals surface area contributed by atoms with E-state index in [9.17, 15) is 0 Å². The fraction of sp³-hybridized carbons (Fsp3) is 0.211. The van der Waals surface area contributed by atoms with Gasteiger partial charge in [0.2, 0.25) is 4.77 Å². The van der Waals surface area contributed by atoms with Crippen LogP contribution < -0.4 is 4.74 Å². The summed E-state index contributed by atoms with van der Waals surface area (Å²) in [5.74, 6) is 1.83. The lowest BCUT2D eigenvalue weighted by atomic mass is 10.0. The first-order valence-electron chi connectivity index (χ1n) is 8.05. The standard InChI is InChI=1S/C19H20N4OS/c1-13(2)15-10-8-14(9-11-15)12-20-23-18(21-22-19(23)25)16-6-4-5-7-17(16)24-3/h4-13H,1-3H3,(H,22,25)/b20-12+. The van der Waals surface area contributed by atoms with E-state index < -0.39 is 0 Å². The molecule has 3 rings (SSSR count). The SMILES string of the molecule is COc1ccccc1-c1n[nH]c(=S)n1/N=C/c1ccc(C(C)C)cc1. The minimum Gasteiger partial charge on any atom is -0.496 e. The Balaban J connectivity index is 1.96. The molecule has 1 heterocycles. The molecule has 0 aliphatic heterocycles. The van der Waals surface area contributed by atoms with Gasteiger partial charge in [-0.05, 0) is 41.4 Å². The van der Waals surface area contributed by atoms with Crippen LogP contribution in [0.5, 0.6) is 5.75 Å². The second kappa shape index (κ2) is 7.44. The van der Waals surface area contributed by atoms with Crippen molar-refractivity contribution in [2.45, 2.75) is 19.8 Å². The van der Waals surface area contributed by atoms with Gasteiger partial charge in [0.1, 0.15) is 5.75 Å². The number of nitrogens with zero attached hydrogens (tertiary/aromatic N) is 3. The summed E-state index contributed by atoms with van der Waals surface area (Å²) in [4.78, 5) is 0. The maximum Gasteiger partial charge on any atom is 0.216 e. The van der Waals surface area contributed by atoms with Crippen LogP contribution in [0.15, 0.2) is 53.6 Å². The highest BCUT2D eigenvalue weighted by Gasteiger charge is 2.12. The van der Waals surface area contributed by atoms with E-state index in [-0.39, 0.29) is 0 Å². The van der Waals surface area contributed by atoms with Crippen molar-refractivity contribution < 1.29 is 4.74 Å². The molecule has 0 aliphatic rings. The Morgan fingerprint density at radius 1 is 1.16 bits per heavy atom. The normalized spacial score (nSPS) is 11.4. The minimum absolute atomic E-state index is 0.427. The molecule has 5 nitrogen and oxygen atoms in total. The molecule has 0 spiro atoms. The van der Waals surface area contributed by atoms with Crippen molar-refractivity contribution in [3.63, 3.8) is 0 Å². The summed E-state index contributed by atoms with van der Waals surface area (Å²) >= 11 is 5.31. The number of benzene rings is 2. The van der Waals surface area contributed by atoms with Crippen molar-refractivity contribution in [2.75, 3.05) is 7.11 Å². The van der Waals surface area contributed by atoms with Crippen LogP contribution in [0.2, 0.25) is 0 Å². The average molecular weight is 352 g/mol. The summed E-state index contributed by atoms with van der Waals surface area (Å²) in [5, 5.41) is 11.6. The van der Waals surface area contributed by atoms with E-state index >= 15 is 0 Å². The smallest absolute Gasteiger partial charge is 0.216 e. The number of H-pyrrole nitrogens is 1. The van der Waals surface area contributed by atoms with Gasteiger partial charge in [0.15, 0.2) is 5.82 Å². The monoisotopic (exact) mass is 352 g/mol. The molecule has 6 heteroatoms. The second-order valence-corrected chi connectivity index (χ2v) is 6.32. The van der Waals surface area contributed by atoms with Crippen LogP contribution in [-0.2, 0) is 0 Å². The zero-order valence-electron chi connectivity index (χ0n) is 14.4. The number of methoxy groups -OCH3 is 1. The number of para-hydroxylation sites is 1. The highest BCUT2D eigenvalue weighted by Crippen LogP contribution is 2.28. The van der Waals surface area contributed by atoms with Crippen molar-refractivity contribution in [3.8, 4) is 17.1 Å². The molecule has 0 fully saturated rings. The van der Waals surface area contributed by atoms with Crippen LogP contribution in [0.4, 0.5) is 0 Å². The van der Waals surface area contributed by atoms with E-state index in [1.165, 1.54) is 5.56 Å². The van der Waals surface area contributed by atoms with Gasteiger partial charge in [-0.15, -0.1) is 0 Å². The van der Waals surface area contributed by atoms with Crippen molar-refractivity contribution in [1.29, 1.82) is 0 Å². The van der Waals surface area contributed by atoms with Gasteiger partial charge in [-0.25, -0.2) is 5.10 Å². The number of nitrogens with one attached hydrogen (secondary N) is 1. The molecule has 0 radical (unpaired) electrons. The maximum absolute atomic E-state index is 5.41. The second-order valence-electron chi connectivity index (χ2n) is 5.93. The van der Waals surface area contributed by atoms with Gasteiger partial charge in [0.25, 0.3) is 0 Å². The van der Waals surface area contributed by atoms with E-state index in [0.29, 0.717) is 22.3 Å². The molecule has 0 bridgehead atoms. The number of aromatic amines is 1. The van der Waals surface area contributed by atoms with Crippen LogP contribution in [0.3, 0.4) is 0 Å². The first-order valence-corrected chi connectivity index (χ1v) is 8.46. The lowest BCUT2D eigenvalue weighted by Crippen LogP contribution is -1.97. The van der Waals surface area contributed by atoms with E-state index in [4.69, 9.17) is 17.0 Å². The Morgan fingerprint density at radius 3 is 2.56 bits per heavy atom. The molecule has 1 aromatic heterocycles. The van der Waals surface area contributed by atoms with Crippen LogP contribution in [-0.4, -0.2) is 28.2 Å². The van der Waals surface area contributed by atoms with Crippen LogP contribution in [0.1, 0.15) is 30.9 Å². The molecule has 0 aliphatic carbocycles. The van der Waals surface area contributed by atoms with Gasteiger partial charge in [-0.1, -0.05) is 50.2 Å². The molecule has 2 aromatic carbocycles. The Kier molecular flexibility index (Phi) is 5.09. The molecule has 0 atom stereocenters. The Morgan fingerprint density at radius 2 is 1.88 bits per heavy atom. The molecule has 0 unspecified atom stereocenters. The van der Waals surface area contributed by atoms with Crippen LogP contribution >= 0.6 is 12.2 Å². The average Bonchev–Trinajstić information content (AvgIpc) is 3.00. The highest BCUT2D eigenvalue weighted by atomic mass is 32.1. The Hall–Kier alpha value is -2.73. The Bertz CT molecular complexity index is 939. The fourth-order valence-electron chi connectivity index (χ4n) is 2.49. The lowest BCUT2D eigenvalue weighted by Gasteiger charge is -2.07. The maximum atomic E-state index is 5.41. The quantitative estimate of drug-likeness (QED) is 0.538. The first-order chi connectivity index (χ1) is 12.1. The minimum atomic E-state index is 0.427. The fourth-order valence-corrected chi connectivity index (χ4v) is 2.67. The molecule has 0 saturated heterocycles. The molecule has 0 saturated carbocycles. The van der Waals surface area contributed by atoms with Gasteiger partial charge in [0, 0.05) is 0 Å². The summed E-state index contributed by atoms with van der Waals surface area (Å²) in [6, 6.07) is 16.0. The van der Waals surface area contributed by atoms with Crippen molar-refractivity contribution in [3.05, 3.63) is 64.4 Å².